The van der Waals surface area contributed by atoms with Gasteiger partial charge in [0.15, 0.2) is 5.82 Å². The summed E-state index contributed by atoms with van der Waals surface area (Å²) in [6.45, 7) is 7.47. The average molecular weight is 333 g/mol. The van der Waals surface area contributed by atoms with Crippen LogP contribution in [-0.2, 0) is 11.2 Å². The summed E-state index contributed by atoms with van der Waals surface area (Å²) in [6.07, 6.45) is 8.80. The molecule has 1 amide bonds. The van der Waals surface area contributed by atoms with Crippen molar-refractivity contribution in [2.45, 2.75) is 76.7 Å². The minimum Gasteiger partial charge on any atom is -0.349 e. The molecule has 1 saturated heterocycles. The van der Waals surface area contributed by atoms with E-state index < -0.39 is 0 Å². The maximum absolute atomic E-state index is 12.6. The standard InChI is InChI=1S/C18H31N5O/c1-14(2)17-19-15(21-22-17)12-16(24)20-18(8-4-3-5-9-18)13-23-10-6-7-11-23/h14H,3-13H2,1-2H3,(H,20,24)(H,19,21,22). The normalized spacial score (nSPS) is 21.3. The van der Waals surface area contributed by atoms with E-state index in [0.717, 1.165) is 25.2 Å². The minimum atomic E-state index is -0.0411. The molecule has 0 bridgehead atoms. The maximum atomic E-state index is 12.6. The number of H-pyrrole nitrogens is 1. The van der Waals surface area contributed by atoms with Crippen LogP contribution in [0.15, 0.2) is 0 Å². The number of hydrogen-bond donors (Lipinski definition) is 2. The van der Waals surface area contributed by atoms with Gasteiger partial charge < -0.3 is 10.2 Å². The van der Waals surface area contributed by atoms with Gasteiger partial charge in [0, 0.05) is 12.5 Å². The fraction of sp³-hybridized carbons (Fsp3) is 0.833. The Labute approximate surface area is 144 Å². The topological polar surface area (TPSA) is 73.9 Å². The zero-order valence-corrected chi connectivity index (χ0v) is 15.1. The first-order valence-corrected chi connectivity index (χ1v) is 9.51. The number of hydrogen-bond acceptors (Lipinski definition) is 4. The molecule has 1 aliphatic carbocycles. The molecule has 2 heterocycles. The quantitative estimate of drug-likeness (QED) is 0.838. The number of aromatic amines is 1. The third-order valence-electron chi connectivity index (χ3n) is 5.33. The zero-order valence-electron chi connectivity index (χ0n) is 15.1. The highest BCUT2D eigenvalue weighted by Crippen LogP contribution is 2.30. The van der Waals surface area contributed by atoms with Crippen LogP contribution in [-0.4, -0.2) is 51.2 Å². The van der Waals surface area contributed by atoms with E-state index in [1.165, 1.54) is 45.2 Å². The smallest absolute Gasteiger partial charge is 0.228 e. The molecule has 0 radical (unpaired) electrons. The maximum Gasteiger partial charge on any atom is 0.228 e. The predicted molar refractivity (Wildman–Crippen MR) is 93.8 cm³/mol. The SMILES string of the molecule is CC(C)c1n[nH]c(CC(=O)NC2(CN3CCCC3)CCCCC2)n1. The van der Waals surface area contributed by atoms with Crippen molar-refractivity contribution in [3.63, 3.8) is 0 Å². The number of amides is 1. The third kappa shape index (κ3) is 4.35. The Morgan fingerprint density at radius 1 is 1.21 bits per heavy atom. The van der Waals surface area contributed by atoms with Crippen LogP contribution in [0.5, 0.6) is 0 Å². The highest BCUT2D eigenvalue weighted by molar-refractivity contribution is 5.78. The lowest BCUT2D eigenvalue weighted by molar-refractivity contribution is -0.123. The van der Waals surface area contributed by atoms with E-state index in [4.69, 9.17) is 0 Å². The summed E-state index contributed by atoms with van der Waals surface area (Å²) in [5.74, 6) is 1.80. The Morgan fingerprint density at radius 2 is 1.92 bits per heavy atom. The lowest BCUT2D eigenvalue weighted by atomic mass is 9.81. The molecule has 2 aliphatic rings. The molecular weight excluding hydrogens is 302 g/mol. The molecule has 1 aromatic rings. The number of aromatic nitrogens is 3. The molecule has 0 spiro atoms. The van der Waals surface area contributed by atoms with Crippen molar-refractivity contribution in [3.05, 3.63) is 11.6 Å². The van der Waals surface area contributed by atoms with Crippen LogP contribution in [0.4, 0.5) is 0 Å². The molecule has 1 aromatic heterocycles. The van der Waals surface area contributed by atoms with Gasteiger partial charge in [0.1, 0.15) is 5.82 Å². The summed E-state index contributed by atoms with van der Waals surface area (Å²) >= 11 is 0. The highest BCUT2D eigenvalue weighted by atomic mass is 16.1. The van der Waals surface area contributed by atoms with Crippen molar-refractivity contribution in [1.29, 1.82) is 0 Å². The van der Waals surface area contributed by atoms with Gasteiger partial charge in [-0.05, 0) is 38.8 Å². The lowest BCUT2D eigenvalue weighted by Gasteiger charge is -2.41. The zero-order chi connectivity index (χ0) is 17.0. The summed E-state index contributed by atoms with van der Waals surface area (Å²) in [5, 5.41) is 10.5. The van der Waals surface area contributed by atoms with Crippen LogP contribution in [0.25, 0.3) is 0 Å². The molecule has 1 saturated carbocycles. The van der Waals surface area contributed by atoms with Gasteiger partial charge in [-0.2, -0.15) is 5.10 Å². The fourth-order valence-electron chi connectivity index (χ4n) is 4.06. The molecule has 6 nitrogen and oxygen atoms in total. The van der Waals surface area contributed by atoms with Crippen LogP contribution >= 0.6 is 0 Å². The van der Waals surface area contributed by atoms with E-state index >= 15 is 0 Å². The van der Waals surface area contributed by atoms with Crippen LogP contribution < -0.4 is 5.32 Å². The van der Waals surface area contributed by atoms with Crippen molar-refractivity contribution in [1.82, 2.24) is 25.4 Å². The van der Waals surface area contributed by atoms with E-state index in [2.05, 4.69) is 39.2 Å². The van der Waals surface area contributed by atoms with E-state index in [9.17, 15) is 4.79 Å². The summed E-state index contributed by atoms with van der Waals surface area (Å²) in [4.78, 5) is 19.6. The predicted octanol–water partition coefficient (Wildman–Crippen LogP) is 2.39. The molecule has 6 heteroatoms. The lowest BCUT2D eigenvalue weighted by Crippen LogP contribution is -2.56. The molecule has 2 N–H and O–H groups in total. The van der Waals surface area contributed by atoms with Crippen molar-refractivity contribution in [2.24, 2.45) is 0 Å². The number of rotatable bonds is 6. The van der Waals surface area contributed by atoms with Crippen molar-refractivity contribution in [3.8, 4) is 0 Å². The second-order valence-electron chi connectivity index (χ2n) is 7.84. The van der Waals surface area contributed by atoms with Gasteiger partial charge in [-0.15, -0.1) is 0 Å². The molecule has 0 aromatic carbocycles. The van der Waals surface area contributed by atoms with Crippen molar-refractivity contribution in [2.75, 3.05) is 19.6 Å². The Hall–Kier alpha value is -1.43. The first-order valence-electron chi connectivity index (χ1n) is 9.51. The van der Waals surface area contributed by atoms with Crippen molar-refractivity contribution < 1.29 is 4.79 Å². The second kappa shape index (κ2) is 7.64. The van der Waals surface area contributed by atoms with Gasteiger partial charge in [0.25, 0.3) is 0 Å². The molecule has 24 heavy (non-hydrogen) atoms. The largest absolute Gasteiger partial charge is 0.349 e. The molecule has 2 fully saturated rings. The second-order valence-corrected chi connectivity index (χ2v) is 7.84. The molecule has 0 atom stereocenters. The Kier molecular flexibility index (Phi) is 5.54. The van der Waals surface area contributed by atoms with E-state index in [1.54, 1.807) is 0 Å². The van der Waals surface area contributed by atoms with Gasteiger partial charge in [0.05, 0.1) is 12.0 Å². The summed E-state index contributed by atoms with van der Waals surface area (Å²) in [7, 11) is 0. The first kappa shape index (κ1) is 17.4. The number of nitrogens with one attached hydrogen (secondary N) is 2. The monoisotopic (exact) mass is 333 g/mol. The van der Waals surface area contributed by atoms with Crippen LogP contribution in [0, 0.1) is 0 Å². The summed E-state index contributed by atoms with van der Waals surface area (Å²) in [5.41, 5.74) is -0.0411. The van der Waals surface area contributed by atoms with Gasteiger partial charge in [-0.25, -0.2) is 4.98 Å². The molecular formula is C18H31N5O. The van der Waals surface area contributed by atoms with E-state index in [-0.39, 0.29) is 17.4 Å². The van der Waals surface area contributed by atoms with Gasteiger partial charge in [0.2, 0.25) is 5.91 Å². The van der Waals surface area contributed by atoms with Crippen LogP contribution in [0.1, 0.15) is 76.4 Å². The third-order valence-corrected chi connectivity index (χ3v) is 5.33. The highest BCUT2D eigenvalue weighted by Gasteiger charge is 2.36. The fourth-order valence-corrected chi connectivity index (χ4v) is 4.06. The molecule has 0 unspecified atom stereocenters. The first-order chi connectivity index (χ1) is 11.6. The average Bonchev–Trinajstić information content (AvgIpc) is 3.19. The summed E-state index contributed by atoms with van der Waals surface area (Å²) in [6, 6.07) is 0. The number of nitrogens with zero attached hydrogens (tertiary/aromatic N) is 3. The number of carbonyl (C=O) groups excluding carboxylic acids is 1. The Bertz CT molecular complexity index is 541. The van der Waals surface area contributed by atoms with E-state index in [0.29, 0.717) is 12.2 Å². The number of carbonyl (C=O) groups is 1. The van der Waals surface area contributed by atoms with Gasteiger partial charge in [-0.1, -0.05) is 33.1 Å². The van der Waals surface area contributed by atoms with Crippen LogP contribution in [0.2, 0.25) is 0 Å². The molecule has 1 aliphatic heterocycles. The minimum absolute atomic E-state index is 0.0411. The van der Waals surface area contributed by atoms with Gasteiger partial charge >= 0.3 is 0 Å². The van der Waals surface area contributed by atoms with Crippen LogP contribution in [0.3, 0.4) is 0 Å². The van der Waals surface area contributed by atoms with Gasteiger partial charge in [-0.3, -0.25) is 9.89 Å². The molecule has 134 valence electrons. The van der Waals surface area contributed by atoms with E-state index in [1.807, 2.05) is 0 Å². The Balaban J connectivity index is 1.61. The van der Waals surface area contributed by atoms with Crippen molar-refractivity contribution >= 4 is 5.91 Å². The number of likely N-dealkylation sites (tertiary alicyclic amines) is 1. The summed E-state index contributed by atoms with van der Waals surface area (Å²) < 4.78 is 0. The molecule has 3 rings (SSSR count). The Morgan fingerprint density at radius 3 is 2.54 bits per heavy atom.